The number of carbonyl (C=O) groups is 1. The number of methoxy groups -OCH3 is 1. The summed E-state index contributed by atoms with van der Waals surface area (Å²) in [5.41, 5.74) is 4.33. The third-order valence-electron chi connectivity index (χ3n) is 5.69. The Hall–Kier alpha value is -4.72. The van der Waals surface area contributed by atoms with Crippen LogP contribution in [0.25, 0.3) is 28.4 Å². The van der Waals surface area contributed by atoms with Crippen LogP contribution >= 0.6 is 0 Å². The number of anilines is 1. The Bertz CT molecular complexity index is 1470. The third-order valence-corrected chi connectivity index (χ3v) is 5.69. The summed E-state index contributed by atoms with van der Waals surface area (Å²) >= 11 is 0. The van der Waals surface area contributed by atoms with Gasteiger partial charge in [0, 0.05) is 30.0 Å². The lowest BCUT2D eigenvalue weighted by atomic mass is 10.1. The van der Waals surface area contributed by atoms with Gasteiger partial charge in [-0.25, -0.2) is 4.68 Å². The average Bonchev–Trinajstić information content (AvgIpc) is 3.56. The fourth-order valence-corrected chi connectivity index (χ4v) is 3.82. The molecule has 5 rings (SSSR count). The Kier molecular flexibility index (Phi) is 6.57. The van der Waals surface area contributed by atoms with Crippen molar-refractivity contribution in [1.82, 2.24) is 20.0 Å². The molecule has 0 saturated heterocycles. The number of para-hydroxylation sites is 1. The predicted molar refractivity (Wildman–Crippen MR) is 137 cm³/mol. The molecule has 0 bridgehead atoms. The first-order valence-electron chi connectivity index (χ1n) is 11.6. The maximum absolute atomic E-state index is 12.9. The zero-order valence-corrected chi connectivity index (χ0v) is 20.0. The van der Waals surface area contributed by atoms with Crippen LogP contribution in [0.4, 0.5) is 5.82 Å². The highest BCUT2D eigenvalue weighted by atomic mass is 16.5. The Morgan fingerprint density at radius 2 is 1.72 bits per heavy atom. The van der Waals surface area contributed by atoms with E-state index in [-0.39, 0.29) is 12.3 Å². The van der Waals surface area contributed by atoms with Gasteiger partial charge in [0.2, 0.25) is 17.7 Å². The van der Waals surface area contributed by atoms with Crippen molar-refractivity contribution in [3.05, 3.63) is 96.4 Å². The fourth-order valence-electron chi connectivity index (χ4n) is 3.82. The van der Waals surface area contributed by atoms with E-state index >= 15 is 0 Å². The zero-order valence-electron chi connectivity index (χ0n) is 20.0. The highest BCUT2D eigenvalue weighted by molar-refractivity contribution is 5.91. The maximum atomic E-state index is 12.9. The molecular formula is C28H25N5O3. The van der Waals surface area contributed by atoms with Gasteiger partial charge < -0.3 is 14.5 Å². The van der Waals surface area contributed by atoms with E-state index in [1.54, 1.807) is 11.8 Å². The topological polar surface area (TPSA) is 95.1 Å². The number of ether oxygens (including phenoxy) is 1. The van der Waals surface area contributed by atoms with E-state index < -0.39 is 0 Å². The van der Waals surface area contributed by atoms with Crippen molar-refractivity contribution in [2.24, 2.45) is 0 Å². The molecule has 8 heteroatoms. The minimum Gasteiger partial charge on any atom is -0.496 e. The molecule has 0 unspecified atom stereocenters. The highest BCUT2D eigenvalue weighted by Gasteiger charge is 2.17. The normalized spacial score (nSPS) is 10.8. The summed E-state index contributed by atoms with van der Waals surface area (Å²) in [7, 11) is 1.62. The molecule has 8 nitrogen and oxygen atoms in total. The molecular weight excluding hydrogens is 454 g/mol. The molecule has 0 spiro atoms. The van der Waals surface area contributed by atoms with Crippen molar-refractivity contribution in [3.63, 3.8) is 0 Å². The first kappa shape index (κ1) is 23.0. The Morgan fingerprint density at radius 1 is 0.972 bits per heavy atom. The van der Waals surface area contributed by atoms with Crippen LogP contribution in [0, 0.1) is 6.92 Å². The monoisotopic (exact) mass is 479 g/mol. The van der Waals surface area contributed by atoms with E-state index in [1.165, 1.54) is 0 Å². The molecule has 0 radical (unpaired) electrons. The molecule has 3 aromatic carbocycles. The van der Waals surface area contributed by atoms with E-state index in [1.807, 2.05) is 91.9 Å². The van der Waals surface area contributed by atoms with Gasteiger partial charge in [-0.1, -0.05) is 48.0 Å². The molecule has 180 valence electrons. The largest absolute Gasteiger partial charge is 0.496 e. The molecule has 5 aromatic rings. The summed E-state index contributed by atoms with van der Waals surface area (Å²) in [6.45, 7) is 2.02. The van der Waals surface area contributed by atoms with Gasteiger partial charge >= 0.3 is 0 Å². The molecule has 0 aliphatic carbocycles. The van der Waals surface area contributed by atoms with Gasteiger partial charge in [0.05, 0.1) is 18.5 Å². The number of amides is 1. The number of nitrogens with zero attached hydrogens (tertiary/aromatic N) is 4. The summed E-state index contributed by atoms with van der Waals surface area (Å²) in [5.74, 6) is 1.92. The van der Waals surface area contributed by atoms with Crippen LogP contribution in [0.2, 0.25) is 0 Å². The van der Waals surface area contributed by atoms with Crippen LogP contribution in [-0.2, 0) is 11.2 Å². The van der Waals surface area contributed by atoms with E-state index in [4.69, 9.17) is 14.3 Å². The van der Waals surface area contributed by atoms with Crippen LogP contribution < -0.4 is 10.1 Å². The third kappa shape index (κ3) is 5.02. The van der Waals surface area contributed by atoms with Gasteiger partial charge in [0.15, 0.2) is 0 Å². The quantitative estimate of drug-likeness (QED) is 0.317. The van der Waals surface area contributed by atoms with Gasteiger partial charge in [0.1, 0.15) is 11.6 Å². The van der Waals surface area contributed by atoms with Crippen molar-refractivity contribution in [1.29, 1.82) is 0 Å². The lowest BCUT2D eigenvalue weighted by Crippen LogP contribution is -2.15. The number of aryl methyl sites for hydroxylation is 2. The second-order valence-electron chi connectivity index (χ2n) is 8.28. The fraction of sp³-hybridized carbons (Fsp3) is 0.143. The summed E-state index contributed by atoms with van der Waals surface area (Å²) in [6, 6.07) is 27.0. The minimum atomic E-state index is -0.186. The molecule has 1 amide bonds. The standard InChI is InChI=1S/C28H25N5O3/c1-19-12-14-21(15-13-19)33-25(18-23(32-33)22-10-6-7-11-24(22)35-2)29-26(34)16-17-27-30-31-28(36-27)20-8-4-3-5-9-20/h3-15,18H,16-17H2,1-2H3,(H,29,34). The van der Waals surface area contributed by atoms with E-state index in [9.17, 15) is 4.79 Å². The second kappa shape index (κ2) is 10.3. The van der Waals surface area contributed by atoms with Crippen LogP contribution in [0.3, 0.4) is 0 Å². The first-order valence-corrected chi connectivity index (χ1v) is 11.6. The van der Waals surface area contributed by atoms with Crippen LogP contribution in [0.15, 0.2) is 89.3 Å². The van der Waals surface area contributed by atoms with E-state index in [0.717, 1.165) is 22.4 Å². The summed E-state index contributed by atoms with van der Waals surface area (Å²) in [4.78, 5) is 12.9. The number of nitrogens with one attached hydrogen (secondary N) is 1. The number of rotatable bonds is 8. The Labute approximate surface area is 208 Å². The molecule has 0 fully saturated rings. The van der Waals surface area contributed by atoms with Gasteiger partial charge in [-0.3, -0.25) is 4.79 Å². The van der Waals surface area contributed by atoms with Crippen LogP contribution in [0.1, 0.15) is 17.9 Å². The van der Waals surface area contributed by atoms with Crippen molar-refractivity contribution >= 4 is 11.7 Å². The van der Waals surface area contributed by atoms with Gasteiger partial charge in [-0.05, 0) is 43.3 Å². The Morgan fingerprint density at radius 3 is 2.50 bits per heavy atom. The second-order valence-corrected chi connectivity index (χ2v) is 8.28. The molecule has 0 atom stereocenters. The van der Waals surface area contributed by atoms with Gasteiger partial charge in [-0.15, -0.1) is 10.2 Å². The number of hydrogen-bond acceptors (Lipinski definition) is 6. The van der Waals surface area contributed by atoms with E-state index in [2.05, 4.69) is 15.5 Å². The average molecular weight is 480 g/mol. The van der Waals surface area contributed by atoms with Crippen molar-refractivity contribution in [2.45, 2.75) is 19.8 Å². The predicted octanol–water partition coefficient (Wildman–Crippen LogP) is 5.48. The van der Waals surface area contributed by atoms with E-state index in [0.29, 0.717) is 35.5 Å². The molecule has 1 N–H and O–H groups in total. The van der Waals surface area contributed by atoms with Crippen LogP contribution in [-0.4, -0.2) is 33.0 Å². The first-order chi connectivity index (χ1) is 17.6. The number of carbonyl (C=O) groups excluding carboxylic acids is 1. The lowest BCUT2D eigenvalue weighted by Gasteiger charge is -2.09. The Balaban J connectivity index is 1.36. The number of aromatic nitrogens is 4. The van der Waals surface area contributed by atoms with Crippen molar-refractivity contribution < 1.29 is 13.9 Å². The molecule has 0 aliphatic heterocycles. The SMILES string of the molecule is COc1ccccc1-c1cc(NC(=O)CCc2nnc(-c3ccccc3)o2)n(-c2ccc(C)cc2)n1. The lowest BCUT2D eigenvalue weighted by molar-refractivity contribution is -0.116. The highest BCUT2D eigenvalue weighted by Crippen LogP contribution is 2.31. The smallest absolute Gasteiger partial charge is 0.247 e. The van der Waals surface area contributed by atoms with Crippen LogP contribution in [0.5, 0.6) is 5.75 Å². The molecule has 0 aliphatic rings. The minimum absolute atomic E-state index is 0.180. The molecule has 0 saturated carbocycles. The summed E-state index contributed by atoms with van der Waals surface area (Å²) in [6.07, 6.45) is 0.503. The van der Waals surface area contributed by atoms with Gasteiger partial charge in [-0.2, -0.15) is 5.10 Å². The van der Waals surface area contributed by atoms with Gasteiger partial charge in [0.25, 0.3) is 0 Å². The maximum Gasteiger partial charge on any atom is 0.247 e. The molecule has 2 heterocycles. The summed E-state index contributed by atoms with van der Waals surface area (Å²) < 4.78 is 13.0. The van der Waals surface area contributed by atoms with Crippen molar-refractivity contribution in [2.75, 3.05) is 12.4 Å². The zero-order chi connectivity index (χ0) is 24.9. The van der Waals surface area contributed by atoms with Crippen molar-refractivity contribution in [3.8, 4) is 34.1 Å². The summed E-state index contributed by atoms with van der Waals surface area (Å²) in [5, 5.41) is 15.9. The number of benzene rings is 3. The number of hydrogen-bond donors (Lipinski definition) is 1. The molecule has 2 aromatic heterocycles. The molecule has 36 heavy (non-hydrogen) atoms.